The zero-order chi connectivity index (χ0) is 23.1. The third-order valence-electron chi connectivity index (χ3n) is 6.54. The van der Waals surface area contributed by atoms with Gasteiger partial charge in [-0.25, -0.2) is 0 Å². The monoisotopic (exact) mass is 467 g/mol. The van der Waals surface area contributed by atoms with Gasteiger partial charge in [-0.3, -0.25) is 14.5 Å². The fourth-order valence-electron chi connectivity index (χ4n) is 3.62. The van der Waals surface area contributed by atoms with Gasteiger partial charge in [0.25, 0.3) is 11.8 Å². The number of aliphatic hydroxyl groups is 2. The second kappa shape index (κ2) is 8.96. The minimum absolute atomic E-state index is 0.00843. The Morgan fingerprint density at radius 3 is 2.13 bits per heavy atom. The van der Waals surface area contributed by atoms with Crippen LogP contribution in [0.3, 0.4) is 0 Å². The summed E-state index contributed by atoms with van der Waals surface area (Å²) in [5.41, 5.74) is -0.0609. The Labute approximate surface area is 189 Å². The third-order valence-corrected chi connectivity index (χ3v) is 12.1. The lowest BCUT2D eigenvalue weighted by Gasteiger charge is -2.46. The molecule has 0 aromatic heterocycles. The van der Waals surface area contributed by atoms with Crippen LogP contribution in [0.1, 0.15) is 48.4 Å². The van der Waals surface area contributed by atoms with E-state index >= 15 is 0 Å². The van der Waals surface area contributed by atoms with E-state index in [9.17, 15) is 19.8 Å². The Kier molecular flexibility index (Phi) is 7.05. The van der Waals surface area contributed by atoms with E-state index in [1.165, 1.54) is 11.8 Å². The van der Waals surface area contributed by atoms with Gasteiger partial charge in [0.1, 0.15) is 29.8 Å². The van der Waals surface area contributed by atoms with E-state index in [1.807, 2.05) is 6.92 Å². The molecule has 172 valence electrons. The summed E-state index contributed by atoms with van der Waals surface area (Å²) in [7, 11) is -2.09. The Hall–Kier alpha value is -1.23. The van der Waals surface area contributed by atoms with Crippen molar-refractivity contribution in [3.63, 3.8) is 0 Å². The van der Waals surface area contributed by atoms with Crippen LogP contribution in [0, 0.1) is 0 Å². The Bertz CT molecular complexity index is 807. The summed E-state index contributed by atoms with van der Waals surface area (Å²) >= 11 is 1.39. The number of fused-ring (bicyclic) bond motifs is 1. The highest BCUT2D eigenvalue weighted by Crippen LogP contribution is 2.39. The molecule has 9 heteroatoms. The van der Waals surface area contributed by atoms with Crippen LogP contribution in [-0.2, 0) is 9.16 Å². The predicted molar refractivity (Wildman–Crippen MR) is 123 cm³/mol. The molecule has 7 nitrogen and oxygen atoms in total. The number of thioether (sulfide) groups is 1. The number of ether oxygens (including phenoxy) is 1. The molecule has 3 unspecified atom stereocenters. The summed E-state index contributed by atoms with van der Waals surface area (Å²) in [6, 6.07) is 5.60. The minimum Gasteiger partial charge on any atom is -0.414 e. The number of rotatable bonds is 6. The molecule has 1 fully saturated rings. The van der Waals surface area contributed by atoms with Gasteiger partial charge in [-0.15, -0.1) is 11.8 Å². The number of hydrogen-bond donors (Lipinski definition) is 2. The molecule has 2 amide bonds. The van der Waals surface area contributed by atoms with E-state index in [0.717, 1.165) is 4.90 Å². The molecule has 1 aromatic carbocycles. The van der Waals surface area contributed by atoms with Gasteiger partial charge in [0.05, 0.1) is 17.7 Å². The van der Waals surface area contributed by atoms with Crippen LogP contribution in [-0.4, -0.2) is 77.4 Å². The number of benzene rings is 1. The fourth-order valence-corrected chi connectivity index (χ4v) is 5.66. The predicted octanol–water partition coefficient (Wildman–Crippen LogP) is 2.87. The van der Waals surface area contributed by atoms with Crippen molar-refractivity contribution in [2.24, 2.45) is 0 Å². The first-order valence-corrected chi connectivity index (χ1v) is 14.6. The SMILES string of the molecule is CCS[C@@H]1OC(CO[Si](C)(C)C(C)(C)C)[C@@H](O)C(O)C1N1C(=O)c2ccccc2C1=O. The second-order valence-electron chi connectivity index (χ2n) is 9.57. The summed E-state index contributed by atoms with van der Waals surface area (Å²) < 4.78 is 12.4. The van der Waals surface area contributed by atoms with Crippen LogP contribution >= 0.6 is 11.8 Å². The van der Waals surface area contributed by atoms with Crippen molar-refractivity contribution >= 4 is 31.9 Å². The highest BCUT2D eigenvalue weighted by Gasteiger charge is 2.53. The highest BCUT2D eigenvalue weighted by molar-refractivity contribution is 7.99. The zero-order valence-electron chi connectivity index (χ0n) is 19.0. The molecule has 0 spiro atoms. The van der Waals surface area contributed by atoms with Gasteiger partial charge in [-0.2, -0.15) is 0 Å². The van der Waals surface area contributed by atoms with Gasteiger partial charge in [-0.05, 0) is 36.0 Å². The molecule has 3 rings (SSSR count). The first-order valence-electron chi connectivity index (χ1n) is 10.6. The maximum atomic E-state index is 13.0. The van der Waals surface area contributed by atoms with Crippen molar-refractivity contribution in [3.05, 3.63) is 35.4 Å². The zero-order valence-corrected chi connectivity index (χ0v) is 20.8. The first kappa shape index (κ1) is 24.4. The molecule has 2 aliphatic rings. The lowest BCUT2D eigenvalue weighted by molar-refractivity contribution is -0.180. The lowest BCUT2D eigenvalue weighted by Crippen LogP contribution is -2.64. The standard InChI is InChI=1S/C22H33NO6SSi/c1-7-30-21-16(23-19(26)13-10-8-9-11-14(13)20(23)27)18(25)17(24)15(29-21)12-28-31(5,6)22(2,3)4/h8-11,15-18,21,24-25H,7,12H2,1-6H3/t15?,16?,17-,18?,21+/m1/s1. The van der Waals surface area contributed by atoms with E-state index in [4.69, 9.17) is 9.16 Å². The van der Waals surface area contributed by atoms with Crippen LogP contribution < -0.4 is 0 Å². The van der Waals surface area contributed by atoms with E-state index in [0.29, 0.717) is 16.9 Å². The number of nitrogens with zero attached hydrogens (tertiary/aromatic N) is 1. The summed E-state index contributed by atoms with van der Waals surface area (Å²) in [5, 5.41) is 21.9. The molecule has 1 aromatic rings. The number of hydrogen-bond acceptors (Lipinski definition) is 7. The Morgan fingerprint density at radius 2 is 1.65 bits per heavy atom. The minimum atomic E-state index is -2.09. The van der Waals surface area contributed by atoms with Crippen molar-refractivity contribution in [2.75, 3.05) is 12.4 Å². The maximum absolute atomic E-state index is 13.0. The van der Waals surface area contributed by atoms with E-state index < -0.39 is 49.9 Å². The molecule has 1 saturated heterocycles. The van der Waals surface area contributed by atoms with E-state index in [2.05, 4.69) is 33.9 Å². The van der Waals surface area contributed by atoms with Crippen molar-refractivity contribution in [1.82, 2.24) is 4.90 Å². The van der Waals surface area contributed by atoms with Gasteiger partial charge in [-0.1, -0.05) is 39.8 Å². The molecule has 2 aliphatic heterocycles. The summed E-state index contributed by atoms with van der Waals surface area (Å²) in [4.78, 5) is 27.0. The van der Waals surface area contributed by atoms with Crippen molar-refractivity contribution in [1.29, 1.82) is 0 Å². The molecular weight excluding hydrogens is 434 g/mol. The average molecular weight is 468 g/mol. The average Bonchev–Trinajstić information content (AvgIpc) is 2.94. The normalized spacial score (nSPS) is 29.4. The molecule has 5 atom stereocenters. The van der Waals surface area contributed by atoms with Gasteiger partial charge in [0.2, 0.25) is 0 Å². The van der Waals surface area contributed by atoms with Crippen LogP contribution in [0.15, 0.2) is 24.3 Å². The maximum Gasteiger partial charge on any atom is 0.262 e. The summed E-state index contributed by atoms with van der Waals surface area (Å²) in [6.07, 6.45) is -3.37. The fraction of sp³-hybridized carbons (Fsp3) is 0.636. The molecule has 0 saturated carbocycles. The van der Waals surface area contributed by atoms with Gasteiger partial charge < -0.3 is 19.4 Å². The number of aliphatic hydroxyl groups excluding tert-OH is 2. The summed E-state index contributed by atoms with van der Waals surface area (Å²) in [6.45, 7) is 12.7. The molecule has 0 aliphatic carbocycles. The van der Waals surface area contributed by atoms with Crippen LogP contribution in [0.2, 0.25) is 18.1 Å². The van der Waals surface area contributed by atoms with Gasteiger partial charge in [0, 0.05) is 0 Å². The van der Waals surface area contributed by atoms with Gasteiger partial charge in [0.15, 0.2) is 8.32 Å². The third kappa shape index (κ3) is 4.49. The molecule has 2 N–H and O–H groups in total. The number of carbonyl (C=O) groups excluding carboxylic acids is 2. The Morgan fingerprint density at radius 1 is 1.10 bits per heavy atom. The number of carbonyl (C=O) groups is 2. The molecule has 0 bridgehead atoms. The number of imide groups is 1. The summed E-state index contributed by atoms with van der Waals surface area (Å²) in [5.74, 6) is -0.292. The first-order chi connectivity index (χ1) is 14.4. The molecule has 31 heavy (non-hydrogen) atoms. The van der Waals surface area contributed by atoms with Crippen LogP contribution in [0.25, 0.3) is 0 Å². The highest BCUT2D eigenvalue weighted by atomic mass is 32.2. The van der Waals surface area contributed by atoms with Crippen molar-refractivity contribution in [2.45, 2.75) is 75.6 Å². The quantitative estimate of drug-likeness (QED) is 0.490. The van der Waals surface area contributed by atoms with Crippen LogP contribution in [0.4, 0.5) is 0 Å². The Balaban J connectivity index is 1.83. The molecular formula is C22H33NO6SSi. The topological polar surface area (TPSA) is 96.3 Å². The van der Waals surface area contributed by atoms with Crippen molar-refractivity contribution in [3.8, 4) is 0 Å². The van der Waals surface area contributed by atoms with Crippen LogP contribution in [0.5, 0.6) is 0 Å². The lowest BCUT2D eigenvalue weighted by atomic mass is 9.97. The largest absolute Gasteiger partial charge is 0.414 e. The number of amides is 2. The van der Waals surface area contributed by atoms with E-state index in [1.54, 1.807) is 24.3 Å². The molecule has 2 heterocycles. The molecule has 0 radical (unpaired) electrons. The smallest absolute Gasteiger partial charge is 0.262 e. The van der Waals surface area contributed by atoms with Gasteiger partial charge >= 0.3 is 0 Å². The second-order valence-corrected chi connectivity index (χ2v) is 15.8. The van der Waals surface area contributed by atoms with Crippen molar-refractivity contribution < 1.29 is 29.0 Å². The van der Waals surface area contributed by atoms with E-state index in [-0.39, 0.29) is 11.6 Å².